The SMILES string of the molecule is CC(C)OC(=O)Nc1ccc(-c2nc3c(s2)CC(NC(=O)OC(C)C)CC3)c(SNC(C)(C)C)c1. The largest absolute Gasteiger partial charge is 0.447 e. The molecule has 0 radical (unpaired) electrons. The van der Waals surface area contributed by atoms with Gasteiger partial charge in [0.1, 0.15) is 5.01 Å². The molecule has 35 heavy (non-hydrogen) atoms. The molecule has 2 amide bonds. The monoisotopic (exact) mass is 520 g/mol. The highest BCUT2D eigenvalue weighted by Crippen LogP contribution is 2.38. The molecule has 0 saturated carbocycles. The zero-order chi connectivity index (χ0) is 25.8. The van der Waals surface area contributed by atoms with Crippen molar-refractivity contribution in [2.24, 2.45) is 0 Å². The van der Waals surface area contributed by atoms with E-state index < -0.39 is 6.09 Å². The number of rotatable bonds is 7. The van der Waals surface area contributed by atoms with Crippen molar-refractivity contribution in [2.45, 2.75) is 96.4 Å². The van der Waals surface area contributed by atoms with Crippen molar-refractivity contribution in [3.05, 3.63) is 28.8 Å². The van der Waals surface area contributed by atoms with E-state index in [1.54, 1.807) is 11.3 Å². The fourth-order valence-corrected chi connectivity index (χ4v) is 5.63. The first-order valence-corrected chi connectivity index (χ1v) is 13.5. The lowest BCUT2D eigenvalue weighted by Gasteiger charge is -2.22. The number of alkyl carbamates (subject to hydrolysis) is 1. The minimum absolute atomic E-state index is 0.0389. The molecule has 0 aliphatic heterocycles. The summed E-state index contributed by atoms with van der Waals surface area (Å²) in [5.74, 6) is 0. The predicted molar refractivity (Wildman–Crippen MR) is 142 cm³/mol. The molecule has 1 aliphatic carbocycles. The van der Waals surface area contributed by atoms with Crippen molar-refractivity contribution in [2.75, 3.05) is 5.32 Å². The van der Waals surface area contributed by atoms with Crippen LogP contribution in [0.5, 0.6) is 0 Å². The summed E-state index contributed by atoms with van der Waals surface area (Å²) in [6, 6.07) is 5.83. The Bertz CT molecular complexity index is 1050. The zero-order valence-corrected chi connectivity index (χ0v) is 23.1. The summed E-state index contributed by atoms with van der Waals surface area (Å²) < 4.78 is 13.9. The van der Waals surface area contributed by atoms with Crippen LogP contribution < -0.4 is 15.4 Å². The fraction of sp³-hybridized carbons (Fsp3) is 0.560. The normalized spacial score (nSPS) is 15.6. The van der Waals surface area contributed by atoms with Crippen molar-refractivity contribution >= 4 is 41.2 Å². The van der Waals surface area contributed by atoms with E-state index in [2.05, 4.69) is 36.1 Å². The third-order valence-electron chi connectivity index (χ3n) is 4.87. The highest BCUT2D eigenvalue weighted by molar-refractivity contribution is 7.97. The molecule has 1 unspecified atom stereocenters. The van der Waals surface area contributed by atoms with Crippen LogP contribution in [0.4, 0.5) is 15.3 Å². The number of hydrogen-bond acceptors (Lipinski definition) is 8. The summed E-state index contributed by atoms with van der Waals surface area (Å²) in [5, 5.41) is 6.71. The van der Waals surface area contributed by atoms with Gasteiger partial charge in [-0.2, -0.15) is 0 Å². The first-order valence-electron chi connectivity index (χ1n) is 11.9. The topological polar surface area (TPSA) is 102 Å². The van der Waals surface area contributed by atoms with Gasteiger partial charge in [0.25, 0.3) is 0 Å². The lowest BCUT2D eigenvalue weighted by atomic mass is 9.98. The molecule has 0 spiro atoms. The van der Waals surface area contributed by atoms with Gasteiger partial charge in [0.2, 0.25) is 0 Å². The van der Waals surface area contributed by atoms with Crippen molar-refractivity contribution in [3.8, 4) is 10.6 Å². The van der Waals surface area contributed by atoms with Gasteiger partial charge in [-0.15, -0.1) is 11.3 Å². The Labute approximate surface area is 216 Å². The highest BCUT2D eigenvalue weighted by atomic mass is 32.2. The van der Waals surface area contributed by atoms with E-state index in [0.717, 1.165) is 40.4 Å². The van der Waals surface area contributed by atoms with Crippen LogP contribution in [0.15, 0.2) is 23.1 Å². The number of anilines is 1. The van der Waals surface area contributed by atoms with E-state index in [1.165, 1.54) is 16.8 Å². The minimum atomic E-state index is -0.480. The molecule has 192 valence electrons. The smallest absolute Gasteiger partial charge is 0.411 e. The summed E-state index contributed by atoms with van der Waals surface area (Å²) in [6.45, 7) is 13.6. The molecule has 3 rings (SSSR count). The van der Waals surface area contributed by atoms with Crippen molar-refractivity contribution in [1.82, 2.24) is 15.0 Å². The average Bonchev–Trinajstić information content (AvgIpc) is 3.13. The van der Waals surface area contributed by atoms with Gasteiger partial charge in [-0.1, -0.05) is 0 Å². The lowest BCUT2D eigenvalue weighted by molar-refractivity contribution is 0.111. The van der Waals surface area contributed by atoms with Gasteiger partial charge >= 0.3 is 12.2 Å². The van der Waals surface area contributed by atoms with E-state index in [9.17, 15) is 9.59 Å². The molecule has 3 N–H and O–H groups in total. The summed E-state index contributed by atoms with van der Waals surface area (Å²) in [7, 11) is 0. The molecule has 8 nitrogen and oxygen atoms in total. The molecule has 0 fully saturated rings. The van der Waals surface area contributed by atoms with Crippen LogP contribution in [0.1, 0.15) is 65.5 Å². The number of nitrogens with zero attached hydrogens (tertiary/aromatic N) is 1. The van der Waals surface area contributed by atoms with E-state index in [1.807, 2.05) is 45.9 Å². The van der Waals surface area contributed by atoms with E-state index >= 15 is 0 Å². The molecule has 1 aromatic carbocycles. The Hall–Kier alpha value is -2.30. The number of ether oxygens (including phenoxy) is 2. The summed E-state index contributed by atoms with van der Waals surface area (Å²) in [5.41, 5.74) is 2.64. The van der Waals surface area contributed by atoms with Gasteiger partial charge in [-0.3, -0.25) is 10.0 Å². The number of thiazole rings is 1. The van der Waals surface area contributed by atoms with Crippen LogP contribution in [-0.4, -0.2) is 41.0 Å². The average molecular weight is 521 g/mol. The number of aromatic nitrogens is 1. The van der Waals surface area contributed by atoms with Gasteiger partial charge in [0.15, 0.2) is 0 Å². The van der Waals surface area contributed by atoms with Crippen LogP contribution in [0, 0.1) is 0 Å². The van der Waals surface area contributed by atoms with Crippen molar-refractivity contribution in [1.29, 1.82) is 0 Å². The van der Waals surface area contributed by atoms with Gasteiger partial charge < -0.3 is 14.8 Å². The van der Waals surface area contributed by atoms with Gasteiger partial charge in [0.05, 0.1) is 17.9 Å². The van der Waals surface area contributed by atoms with Crippen molar-refractivity contribution < 1.29 is 19.1 Å². The molecule has 2 aromatic rings. The summed E-state index contributed by atoms with van der Waals surface area (Å²) in [6.07, 6.45) is 1.18. The molecule has 1 atom stereocenters. The number of fused-ring (bicyclic) bond motifs is 1. The number of hydrogen-bond donors (Lipinski definition) is 3. The zero-order valence-electron chi connectivity index (χ0n) is 21.5. The van der Waals surface area contributed by atoms with Crippen LogP contribution in [0.25, 0.3) is 10.6 Å². The van der Waals surface area contributed by atoms with Crippen LogP contribution >= 0.6 is 23.3 Å². The summed E-state index contributed by atoms with van der Waals surface area (Å²) in [4.78, 5) is 31.2. The Morgan fingerprint density at radius 3 is 2.46 bits per heavy atom. The quantitative estimate of drug-likeness (QED) is 0.376. The Morgan fingerprint density at radius 2 is 1.80 bits per heavy atom. The molecule has 0 bridgehead atoms. The molecular weight excluding hydrogens is 484 g/mol. The number of carbonyl (C=O) groups is 2. The Morgan fingerprint density at radius 1 is 1.11 bits per heavy atom. The second kappa shape index (κ2) is 11.6. The predicted octanol–water partition coefficient (Wildman–Crippen LogP) is 6.15. The second-order valence-corrected chi connectivity index (χ2v) is 12.1. The third kappa shape index (κ3) is 8.40. The maximum absolute atomic E-state index is 12.1. The van der Waals surface area contributed by atoms with Crippen LogP contribution in [0.2, 0.25) is 0 Å². The van der Waals surface area contributed by atoms with E-state index in [-0.39, 0.29) is 29.9 Å². The van der Waals surface area contributed by atoms with E-state index in [0.29, 0.717) is 5.69 Å². The molecule has 0 saturated heterocycles. The van der Waals surface area contributed by atoms with Gasteiger partial charge in [0, 0.05) is 39.0 Å². The summed E-state index contributed by atoms with van der Waals surface area (Å²) >= 11 is 3.17. The molecule has 10 heteroatoms. The van der Waals surface area contributed by atoms with Crippen molar-refractivity contribution in [3.63, 3.8) is 0 Å². The maximum Gasteiger partial charge on any atom is 0.411 e. The first kappa shape index (κ1) is 27.3. The molecule has 1 aromatic heterocycles. The molecular formula is C25H36N4O4S2. The number of aryl methyl sites for hydroxylation is 1. The maximum atomic E-state index is 12.1. The number of benzene rings is 1. The van der Waals surface area contributed by atoms with Crippen LogP contribution in [-0.2, 0) is 22.3 Å². The molecule has 1 aliphatic rings. The lowest BCUT2D eigenvalue weighted by Crippen LogP contribution is -2.39. The number of amides is 2. The third-order valence-corrected chi connectivity index (χ3v) is 7.30. The van der Waals surface area contributed by atoms with Gasteiger partial charge in [-0.05, 0) is 91.5 Å². The highest BCUT2D eigenvalue weighted by Gasteiger charge is 2.26. The Kier molecular flexibility index (Phi) is 9.06. The second-order valence-electron chi connectivity index (χ2n) is 10.2. The minimum Gasteiger partial charge on any atom is -0.447 e. The fourth-order valence-electron chi connectivity index (χ4n) is 3.46. The number of carbonyl (C=O) groups excluding carboxylic acids is 2. The number of nitrogens with one attached hydrogen (secondary N) is 3. The first-order chi connectivity index (χ1) is 16.4. The molecule has 1 heterocycles. The standard InChI is InChI=1S/C25H36N4O4S2/c1-14(2)32-23(30)26-16-8-10-18(20(12-16)35-29-25(5,6)7)22-28-19-11-9-17(13-21(19)34-22)27-24(31)33-15(3)4/h8,10,12,14-15,17,29H,9,11,13H2,1-7H3,(H,26,30)(H,27,31). The van der Waals surface area contributed by atoms with Crippen LogP contribution in [0.3, 0.4) is 0 Å². The van der Waals surface area contributed by atoms with Gasteiger partial charge in [-0.25, -0.2) is 14.6 Å². The van der Waals surface area contributed by atoms with E-state index in [4.69, 9.17) is 14.5 Å². The Balaban J connectivity index is 1.81.